The van der Waals surface area contributed by atoms with Crippen LogP contribution < -0.4 is 9.64 Å². The number of carbonyl (C=O) groups is 1. The summed E-state index contributed by atoms with van der Waals surface area (Å²) in [6, 6.07) is 11.5. The summed E-state index contributed by atoms with van der Waals surface area (Å²) in [7, 11) is 5.67. The number of fused-ring (bicyclic) bond motifs is 2. The van der Waals surface area contributed by atoms with Gasteiger partial charge in [-0.05, 0) is 57.7 Å². The minimum Gasteiger partial charge on any atom is -0.494 e. The third-order valence-corrected chi connectivity index (χ3v) is 6.26. The molecule has 0 aliphatic rings. The molecular weight excluding hydrogens is 410 g/mol. The second-order valence-electron chi connectivity index (χ2n) is 7.62. The Morgan fingerprint density at radius 2 is 1.84 bits per heavy atom. The quantitative estimate of drug-likeness (QED) is 0.434. The van der Waals surface area contributed by atoms with E-state index in [9.17, 15) is 4.79 Å². The Hall–Kier alpha value is -3.10. The third-order valence-electron chi connectivity index (χ3n) is 5.04. The van der Waals surface area contributed by atoms with Crippen molar-refractivity contribution in [3.8, 4) is 5.75 Å². The van der Waals surface area contributed by atoms with E-state index >= 15 is 0 Å². The standard InChI is InChI=1S/C23H25N5O2S/c1-15-10-11-19(30-4)20-21(15)31-23(26-20)28(13-7-12-27(2)3)22(29)18-14-24-16-8-5-6-9-17(16)25-18/h5-6,8-11,14H,7,12-13H2,1-4H3. The highest BCUT2D eigenvalue weighted by Crippen LogP contribution is 2.36. The zero-order chi connectivity index (χ0) is 22.0. The van der Waals surface area contributed by atoms with Gasteiger partial charge >= 0.3 is 0 Å². The Kier molecular flexibility index (Phi) is 6.11. The van der Waals surface area contributed by atoms with E-state index in [0.29, 0.717) is 28.6 Å². The van der Waals surface area contributed by atoms with E-state index in [1.807, 2.05) is 57.4 Å². The van der Waals surface area contributed by atoms with Crippen molar-refractivity contribution in [1.29, 1.82) is 0 Å². The highest BCUT2D eigenvalue weighted by molar-refractivity contribution is 7.22. The maximum Gasteiger partial charge on any atom is 0.280 e. The molecular formula is C23H25N5O2S. The zero-order valence-electron chi connectivity index (χ0n) is 18.1. The summed E-state index contributed by atoms with van der Waals surface area (Å²) in [5.74, 6) is 0.502. The van der Waals surface area contributed by atoms with Gasteiger partial charge < -0.3 is 9.64 Å². The van der Waals surface area contributed by atoms with E-state index in [1.165, 1.54) is 11.3 Å². The largest absolute Gasteiger partial charge is 0.494 e. The Morgan fingerprint density at radius 1 is 1.06 bits per heavy atom. The monoisotopic (exact) mass is 435 g/mol. The molecule has 2 aromatic carbocycles. The SMILES string of the molecule is COc1ccc(C)c2sc(N(CCCN(C)C)C(=O)c3cnc4ccccc4n3)nc12. The van der Waals surface area contributed by atoms with Crippen LogP contribution in [0.2, 0.25) is 0 Å². The third kappa shape index (κ3) is 4.35. The number of carbonyl (C=O) groups excluding carboxylic acids is 1. The summed E-state index contributed by atoms with van der Waals surface area (Å²) in [5, 5.41) is 0.640. The molecule has 0 unspecified atom stereocenters. The number of ether oxygens (including phenoxy) is 1. The van der Waals surface area contributed by atoms with Crippen LogP contribution in [0.15, 0.2) is 42.6 Å². The van der Waals surface area contributed by atoms with E-state index < -0.39 is 0 Å². The number of rotatable bonds is 7. The highest BCUT2D eigenvalue weighted by atomic mass is 32.1. The van der Waals surface area contributed by atoms with E-state index in [-0.39, 0.29) is 5.91 Å². The van der Waals surface area contributed by atoms with E-state index in [0.717, 1.165) is 34.3 Å². The number of aryl methyl sites for hydroxylation is 1. The van der Waals surface area contributed by atoms with Crippen LogP contribution in [0.1, 0.15) is 22.5 Å². The van der Waals surface area contributed by atoms with Gasteiger partial charge in [0, 0.05) is 6.54 Å². The molecule has 0 radical (unpaired) electrons. The number of anilines is 1. The van der Waals surface area contributed by atoms with Crippen molar-refractivity contribution in [1.82, 2.24) is 19.9 Å². The van der Waals surface area contributed by atoms with Gasteiger partial charge in [-0.3, -0.25) is 14.7 Å². The van der Waals surface area contributed by atoms with Crippen LogP contribution in [0.3, 0.4) is 0 Å². The normalized spacial score (nSPS) is 11.4. The lowest BCUT2D eigenvalue weighted by Gasteiger charge is -2.20. The van der Waals surface area contributed by atoms with E-state index in [4.69, 9.17) is 9.72 Å². The first-order valence-electron chi connectivity index (χ1n) is 10.1. The minimum absolute atomic E-state index is 0.201. The molecule has 0 spiro atoms. The van der Waals surface area contributed by atoms with Crippen LogP contribution in [-0.2, 0) is 0 Å². The van der Waals surface area contributed by atoms with Crippen LogP contribution in [-0.4, -0.2) is 60.1 Å². The number of aromatic nitrogens is 3. The molecule has 0 saturated heterocycles. The number of hydrogen-bond acceptors (Lipinski definition) is 7. The van der Waals surface area contributed by atoms with Crippen molar-refractivity contribution in [3.63, 3.8) is 0 Å². The summed E-state index contributed by atoms with van der Waals surface area (Å²) in [6.45, 7) is 3.43. The molecule has 4 aromatic rings. The number of methoxy groups -OCH3 is 1. The van der Waals surface area contributed by atoms with Crippen LogP contribution in [0.25, 0.3) is 21.3 Å². The number of hydrogen-bond donors (Lipinski definition) is 0. The molecule has 0 atom stereocenters. The predicted molar refractivity (Wildman–Crippen MR) is 125 cm³/mol. The van der Waals surface area contributed by atoms with Gasteiger partial charge in [0.15, 0.2) is 5.13 Å². The van der Waals surface area contributed by atoms with Crippen LogP contribution >= 0.6 is 11.3 Å². The van der Waals surface area contributed by atoms with Gasteiger partial charge in [-0.15, -0.1) is 0 Å². The summed E-state index contributed by atoms with van der Waals surface area (Å²) in [5.41, 5.74) is 3.65. The van der Waals surface area contributed by atoms with E-state index in [1.54, 1.807) is 18.2 Å². The Bertz CT molecular complexity index is 1240. The van der Waals surface area contributed by atoms with Gasteiger partial charge in [-0.1, -0.05) is 29.5 Å². The number of benzene rings is 2. The fourth-order valence-corrected chi connectivity index (χ4v) is 4.48. The molecule has 0 N–H and O–H groups in total. The molecule has 1 amide bonds. The van der Waals surface area contributed by atoms with Crippen molar-refractivity contribution in [3.05, 3.63) is 53.9 Å². The van der Waals surface area contributed by atoms with Gasteiger partial charge in [-0.25, -0.2) is 9.97 Å². The minimum atomic E-state index is -0.201. The molecule has 31 heavy (non-hydrogen) atoms. The van der Waals surface area contributed by atoms with Gasteiger partial charge in [0.05, 0.1) is 29.0 Å². The second kappa shape index (κ2) is 8.95. The second-order valence-corrected chi connectivity index (χ2v) is 8.59. The first-order chi connectivity index (χ1) is 15.0. The average molecular weight is 436 g/mol. The summed E-state index contributed by atoms with van der Waals surface area (Å²) in [6.07, 6.45) is 2.36. The first kappa shape index (κ1) is 21.1. The Balaban J connectivity index is 1.75. The fraction of sp³-hybridized carbons (Fsp3) is 0.304. The van der Waals surface area contributed by atoms with Gasteiger partial charge in [-0.2, -0.15) is 0 Å². The van der Waals surface area contributed by atoms with Crippen LogP contribution in [0.5, 0.6) is 5.75 Å². The lowest BCUT2D eigenvalue weighted by molar-refractivity contribution is 0.0981. The molecule has 0 fully saturated rings. The highest BCUT2D eigenvalue weighted by Gasteiger charge is 2.24. The fourth-order valence-electron chi connectivity index (χ4n) is 3.41. The van der Waals surface area contributed by atoms with Crippen LogP contribution in [0, 0.1) is 6.92 Å². The maximum absolute atomic E-state index is 13.5. The molecule has 2 aromatic heterocycles. The Labute approximate surface area is 185 Å². The molecule has 0 bridgehead atoms. The molecule has 8 heteroatoms. The molecule has 0 aliphatic heterocycles. The number of para-hydroxylation sites is 2. The van der Waals surface area contributed by atoms with Gasteiger partial charge in [0.1, 0.15) is 17.0 Å². The average Bonchev–Trinajstić information content (AvgIpc) is 3.22. The summed E-state index contributed by atoms with van der Waals surface area (Å²) in [4.78, 5) is 31.1. The Morgan fingerprint density at radius 3 is 2.58 bits per heavy atom. The van der Waals surface area contributed by atoms with Crippen molar-refractivity contribution >= 4 is 43.6 Å². The van der Waals surface area contributed by atoms with Crippen molar-refractivity contribution in [2.75, 3.05) is 39.2 Å². The molecule has 0 saturated carbocycles. The number of amides is 1. The maximum atomic E-state index is 13.5. The molecule has 4 rings (SSSR count). The number of thiazole rings is 1. The zero-order valence-corrected chi connectivity index (χ0v) is 18.9. The molecule has 160 valence electrons. The van der Waals surface area contributed by atoms with Crippen molar-refractivity contribution in [2.45, 2.75) is 13.3 Å². The molecule has 2 heterocycles. The lowest BCUT2D eigenvalue weighted by Crippen LogP contribution is -2.34. The summed E-state index contributed by atoms with van der Waals surface area (Å²) < 4.78 is 6.51. The topological polar surface area (TPSA) is 71.5 Å². The smallest absolute Gasteiger partial charge is 0.280 e. The lowest BCUT2D eigenvalue weighted by atomic mass is 10.2. The van der Waals surface area contributed by atoms with Gasteiger partial charge in [0.25, 0.3) is 5.91 Å². The van der Waals surface area contributed by atoms with Gasteiger partial charge in [0.2, 0.25) is 0 Å². The van der Waals surface area contributed by atoms with E-state index in [2.05, 4.69) is 14.9 Å². The first-order valence-corrected chi connectivity index (χ1v) is 10.9. The summed E-state index contributed by atoms with van der Waals surface area (Å²) >= 11 is 1.50. The molecule has 7 nitrogen and oxygen atoms in total. The van der Waals surface area contributed by atoms with Crippen LogP contribution in [0.4, 0.5) is 5.13 Å². The van der Waals surface area contributed by atoms with Crippen molar-refractivity contribution < 1.29 is 9.53 Å². The van der Waals surface area contributed by atoms with Crippen molar-refractivity contribution in [2.24, 2.45) is 0 Å². The number of nitrogens with zero attached hydrogens (tertiary/aromatic N) is 5. The predicted octanol–water partition coefficient (Wildman–Crippen LogP) is 4.16. The molecule has 0 aliphatic carbocycles.